The van der Waals surface area contributed by atoms with Crippen LogP contribution in [-0.4, -0.2) is 62.4 Å². The lowest BCUT2D eigenvalue weighted by Crippen LogP contribution is -2.51. The Balaban J connectivity index is 1.24. The van der Waals surface area contributed by atoms with Gasteiger partial charge in [0, 0.05) is 51.0 Å². The van der Waals surface area contributed by atoms with E-state index in [-0.39, 0.29) is 25.4 Å². The average Bonchev–Trinajstić information content (AvgIpc) is 3.04. The second-order valence-electron chi connectivity index (χ2n) is 12.8. The number of benzene rings is 3. The molecule has 45 heavy (non-hydrogen) atoms. The van der Waals surface area contributed by atoms with E-state index >= 15 is 0 Å². The number of rotatable bonds is 14. The first-order valence-corrected chi connectivity index (χ1v) is 20.4. The molecule has 0 saturated carbocycles. The first kappa shape index (κ1) is 33.0. The number of piperidine rings is 1. The largest absolute Gasteiger partial charge is 0.530 e. The first-order valence-electron chi connectivity index (χ1n) is 15.7. The predicted molar refractivity (Wildman–Crippen MR) is 182 cm³/mol. The molecule has 1 fully saturated rings. The average molecular weight is 644 g/mol. The van der Waals surface area contributed by atoms with E-state index in [0.29, 0.717) is 26.2 Å². The van der Waals surface area contributed by atoms with Gasteiger partial charge in [-0.3, -0.25) is 0 Å². The van der Waals surface area contributed by atoms with Crippen LogP contribution in [-0.2, 0) is 22.5 Å². The van der Waals surface area contributed by atoms with E-state index in [1.807, 2.05) is 48.7 Å². The number of likely N-dealkylation sites (tertiary alicyclic amines) is 1. The molecule has 0 spiro atoms. The summed E-state index contributed by atoms with van der Waals surface area (Å²) in [6.07, 6.45) is 1.98. The molecule has 1 aromatic heterocycles. The maximum Gasteiger partial charge on any atom is 0.189 e. The van der Waals surface area contributed by atoms with E-state index in [1.54, 1.807) is 11.8 Å². The van der Waals surface area contributed by atoms with Crippen LogP contribution in [0.3, 0.4) is 0 Å². The normalized spacial score (nSPS) is 17.0. The monoisotopic (exact) mass is 643 g/mol. The summed E-state index contributed by atoms with van der Waals surface area (Å²) in [6.45, 7) is 8.93. The highest BCUT2D eigenvalue weighted by molar-refractivity contribution is 7.99. The molecular weight excluding hydrogens is 601 g/mol. The Kier molecular flexibility index (Phi) is 11.6. The zero-order chi connectivity index (χ0) is 31.6. The van der Waals surface area contributed by atoms with Crippen molar-refractivity contribution in [2.24, 2.45) is 0 Å². The Morgan fingerprint density at radius 3 is 2.58 bits per heavy atom. The van der Waals surface area contributed by atoms with E-state index in [9.17, 15) is 9.90 Å². The van der Waals surface area contributed by atoms with Crippen LogP contribution in [0.5, 0.6) is 5.75 Å². The van der Waals surface area contributed by atoms with E-state index in [4.69, 9.17) is 14.2 Å². The number of nitrogens with zero attached hydrogens (tertiary/aromatic N) is 2. The van der Waals surface area contributed by atoms with Crippen molar-refractivity contribution < 1.29 is 24.1 Å². The molecule has 0 bridgehead atoms. The molecule has 1 saturated heterocycles. The lowest BCUT2D eigenvalue weighted by Gasteiger charge is -2.40. The molecule has 0 radical (unpaired) electrons. The number of carbonyl (C=O) groups excluding carboxylic acids is 1. The number of amides is 1. The van der Waals surface area contributed by atoms with Crippen molar-refractivity contribution in [1.29, 1.82) is 0 Å². The highest BCUT2D eigenvalue weighted by Gasteiger charge is 2.31. The van der Waals surface area contributed by atoms with E-state index in [0.717, 1.165) is 50.9 Å². The summed E-state index contributed by atoms with van der Waals surface area (Å²) in [5, 5.41) is 14.9. The van der Waals surface area contributed by atoms with Crippen LogP contribution in [0, 0.1) is 0 Å². The standard InChI is InChI=1S/C36H44N2O5SSi/c1-45(2,3)21-19-41-26-43-33-23-28(22-30-8-4-5-9-31(30)33)25-42-34-24-38(36(39)40)18-15-32(34)29-13-11-27(12-14-29)16-20-44-35-10-6-7-17-37-35/h4-14,17,22-23,32,34H,15-16,18-21,24-26H2,1-3H3,(H,39,40)/p-1. The van der Waals surface area contributed by atoms with Gasteiger partial charge in [-0.2, -0.15) is 0 Å². The van der Waals surface area contributed by atoms with E-state index in [2.05, 4.69) is 61.0 Å². The second-order valence-corrected chi connectivity index (χ2v) is 19.5. The van der Waals surface area contributed by atoms with Crippen LogP contribution < -0.4 is 9.84 Å². The second kappa shape index (κ2) is 15.8. The highest BCUT2D eigenvalue weighted by Crippen LogP contribution is 2.33. The molecule has 2 unspecified atom stereocenters. The number of hydrogen-bond donors (Lipinski definition) is 0. The Labute approximate surface area is 271 Å². The number of pyridine rings is 1. The minimum absolute atomic E-state index is 0.0773. The summed E-state index contributed by atoms with van der Waals surface area (Å²) in [6, 6.07) is 28.0. The van der Waals surface area contributed by atoms with Crippen molar-refractivity contribution in [3.05, 3.63) is 102 Å². The summed E-state index contributed by atoms with van der Waals surface area (Å²) in [7, 11) is -1.17. The molecule has 0 N–H and O–H groups in total. The Morgan fingerprint density at radius 1 is 1.02 bits per heavy atom. The van der Waals surface area contributed by atoms with E-state index in [1.165, 1.54) is 10.5 Å². The quantitative estimate of drug-likeness (QED) is 0.0635. The number of carboxylic acid groups (broad SMARTS) is 1. The minimum atomic E-state index is -1.17. The summed E-state index contributed by atoms with van der Waals surface area (Å²) in [5.74, 6) is 1.79. The third kappa shape index (κ3) is 9.81. The fourth-order valence-electron chi connectivity index (χ4n) is 5.55. The maximum atomic E-state index is 11.8. The van der Waals surface area contributed by atoms with Gasteiger partial charge in [0.2, 0.25) is 0 Å². The molecule has 9 heteroatoms. The molecule has 238 valence electrons. The van der Waals surface area contributed by atoms with Gasteiger partial charge in [-0.05, 0) is 65.2 Å². The SMILES string of the molecule is C[Si](C)(C)CCOCOc1cc(COC2CN(C(=O)[O-])CCC2c2ccc(CCSc3ccccn3)cc2)cc2ccccc12. The fraction of sp³-hybridized carbons (Fsp3) is 0.389. The van der Waals surface area contributed by atoms with Gasteiger partial charge >= 0.3 is 0 Å². The third-order valence-corrected chi connectivity index (χ3v) is 10.8. The van der Waals surface area contributed by atoms with Crippen molar-refractivity contribution >= 4 is 36.7 Å². The summed E-state index contributed by atoms with van der Waals surface area (Å²) in [4.78, 5) is 17.5. The molecule has 1 aliphatic rings. The smallest absolute Gasteiger partial charge is 0.189 e. The topological polar surface area (TPSA) is 84.0 Å². The number of fused-ring (bicyclic) bond motifs is 1. The van der Waals surface area contributed by atoms with Crippen molar-refractivity contribution in [2.45, 2.75) is 62.2 Å². The number of thioether (sulfide) groups is 1. The number of aryl methyl sites for hydroxylation is 1. The van der Waals surface area contributed by atoms with Crippen LogP contribution in [0.25, 0.3) is 10.8 Å². The molecule has 4 aromatic rings. The highest BCUT2D eigenvalue weighted by atomic mass is 32.2. The van der Waals surface area contributed by atoms with Gasteiger partial charge in [-0.25, -0.2) is 4.98 Å². The van der Waals surface area contributed by atoms with E-state index < -0.39 is 14.2 Å². The van der Waals surface area contributed by atoms with Gasteiger partial charge in [0.15, 0.2) is 6.79 Å². The van der Waals surface area contributed by atoms with Gasteiger partial charge in [0.25, 0.3) is 0 Å². The zero-order valence-corrected chi connectivity index (χ0v) is 28.3. The van der Waals surface area contributed by atoms with Crippen molar-refractivity contribution in [3.63, 3.8) is 0 Å². The fourth-order valence-corrected chi connectivity index (χ4v) is 7.17. The van der Waals surface area contributed by atoms with Crippen molar-refractivity contribution in [3.8, 4) is 5.75 Å². The van der Waals surface area contributed by atoms with Crippen LogP contribution in [0.4, 0.5) is 4.79 Å². The van der Waals surface area contributed by atoms with Crippen molar-refractivity contribution in [1.82, 2.24) is 9.88 Å². The number of aromatic nitrogens is 1. The molecule has 2 atom stereocenters. The summed E-state index contributed by atoms with van der Waals surface area (Å²) < 4.78 is 18.4. The molecule has 1 aliphatic heterocycles. The van der Waals surface area contributed by atoms with Crippen LogP contribution in [0.15, 0.2) is 90.1 Å². The lowest BCUT2D eigenvalue weighted by atomic mass is 9.86. The molecule has 3 aromatic carbocycles. The zero-order valence-electron chi connectivity index (χ0n) is 26.4. The Bertz CT molecular complexity index is 1530. The van der Waals surface area contributed by atoms with Crippen LogP contribution in [0.1, 0.15) is 29.0 Å². The van der Waals surface area contributed by atoms with Gasteiger partial charge in [-0.1, -0.05) is 74.2 Å². The number of carbonyl (C=O) groups is 1. The predicted octanol–water partition coefficient (Wildman–Crippen LogP) is 6.98. The van der Waals surface area contributed by atoms with Crippen molar-refractivity contribution in [2.75, 3.05) is 32.2 Å². The van der Waals surface area contributed by atoms with Crippen LogP contribution >= 0.6 is 11.8 Å². The maximum absolute atomic E-state index is 11.8. The van der Waals surface area contributed by atoms with Gasteiger partial charge in [0.05, 0.1) is 17.7 Å². The van der Waals surface area contributed by atoms with Gasteiger partial charge in [0.1, 0.15) is 11.8 Å². The molecule has 5 rings (SSSR count). The first-order chi connectivity index (χ1) is 21.7. The number of hydrogen-bond acceptors (Lipinski definition) is 7. The molecule has 0 aliphatic carbocycles. The molecule has 2 heterocycles. The summed E-state index contributed by atoms with van der Waals surface area (Å²) >= 11 is 1.75. The van der Waals surface area contributed by atoms with Crippen LogP contribution in [0.2, 0.25) is 25.7 Å². The number of ether oxygens (including phenoxy) is 3. The minimum Gasteiger partial charge on any atom is -0.530 e. The summed E-state index contributed by atoms with van der Waals surface area (Å²) in [5.41, 5.74) is 3.40. The molecule has 1 amide bonds. The Morgan fingerprint density at radius 2 is 1.82 bits per heavy atom. The molecular formula is C36H43N2O5SSi-. The van der Waals surface area contributed by atoms with Gasteiger partial charge in [-0.15, -0.1) is 11.8 Å². The lowest BCUT2D eigenvalue weighted by molar-refractivity contribution is -0.268. The molecule has 7 nitrogen and oxygen atoms in total. The van der Waals surface area contributed by atoms with Gasteiger partial charge < -0.3 is 29.0 Å². The third-order valence-electron chi connectivity index (χ3n) is 8.15. The Hall–Kier alpha value is -3.37.